The second kappa shape index (κ2) is 5.30. The van der Waals surface area contributed by atoms with Crippen LogP contribution in [0.2, 0.25) is 0 Å². The molecule has 0 aliphatic heterocycles. The largest absolute Gasteiger partial charge is 0.480 e. The third kappa shape index (κ3) is 3.21. The molecule has 0 unspecified atom stereocenters. The Labute approximate surface area is 85.7 Å². The van der Waals surface area contributed by atoms with Gasteiger partial charge in [-0.05, 0) is 6.42 Å². The van der Waals surface area contributed by atoms with Gasteiger partial charge in [0.1, 0.15) is 0 Å². The van der Waals surface area contributed by atoms with Gasteiger partial charge in [-0.2, -0.15) is 0 Å². The summed E-state index contributed by atoms with van der Waals surface area (Å²) >= 11 is 0. The highest BCUT2D eigenvalue weighted by molar-refractivity contribution is 5.98. The van der Waals surface area contributed by atoms with Crippen LogP contribution in [0.25, 0.3) is 0 Å². The van der Waals surface area contributed by atoms with E-state index < -0.39 is 36.4 Å². The molecule has 7 heteroatoms. The van der Waals surface area contributed by atoms with Gasteiger partial charge in [0.2, 0.25) is 0 Å². The van der Waals surface area contributed by atoms with Gasteiger partial charge < -0.3 is 20.6 Å². The van der Waals surface area contributed by atoms with E-state index in [4.69, 9.17) is 15.3 Å². The molecule has 86 valence electrons. The summed E-state index contributed by atoms with van der Waals surface area (Å²) in [7, 11) is 0. The van der Waals surface area contributed by atoms with Gasteiger partial charge in [-0.15, -0.1) is 0 Å². The predicted octanol–water partition coefficient (Wildman–Crippen LogP) is -0.774. The van der Waals surface area contributed by atoms with Crippen molar-refractivity contribution in [2.45, 2.75) is 13.3 Å². The molecule has 15 heavy (non-hydrogen) atoms. The summed E-state index contributed by atoms with van der Waals surface area (Å²) in [6, 6.07) is 0. The second-order valence-electron chi connectivity index (χ2n) is 3.04. The van der Waals surface area contributed by atoms with Gasteiger partial charge in [-0.1, -0.05) is 6.92 Å². The molecule has 0 heterocycles. The molecular formula is C8H13NO6. The third-order valence-corrected chi connectivity index (χ3v) is 2.13. The second-order valence-corrected chi connectivity index (χ2v) is 3.04. The first-order chi connectivity index (χ1) is 6.86. The van der Waals surface area contributed by atoms with Gasteiger partial charge in [-0.3, -0.25) is 14.4 Å². The number of hydrogen-bond acceptors (Lipinski definition) is 4. The molecule has 0 aromatic rings. The SMILES string of the molecule is CCC(CNCC(=O)O)(C(=O)O)C(=O)O. The normalized spacial score (nSPS) is 11.0. The van der Waals surface area contributed by atoms with Crippen LogP contribution in [0.1, 0.15) is 13.3 Å². The average Bonchev–Trinajstić information content (AvgIpc) is 2.10. The van der Waals surface area contributed by atoms with Crippen molar-refractivity contribution in [2.75, 3.05) is 13.1 Å². The van der Waals surface area contributed by atoms with Crippen LogP contribution in [0, 0.1) is 5.41 Å². The molecule has 0 saturated heterocycles. The molecule has 0 fully saturated rings. The van der Waals surface area contributed by atoms with Crippen molar-refractivity contribution in [3.63, 3.8) is 0 Å². The lowest BCUT2D eigenvalue weighted by molar-refractivity contribution is -0.165. The Balaban J connectivity index is 4.57. The fourth-order valence-corrected chi connectivity index (χ4v) is 1.05. The Hall–Kier alpha value is -1.63. The number of nitrogens with one attached hydrogen (secondary N) is 1. The number of hydrogen-bond donors (Lipinski definition) is 4. The lowest BCUT2D eigenvalue weighted by Crippen LogP contribution is -2.47. The lowest BCUT2D eigenvalue weighted by Gasteiger charge is -2.22. The molecule has 0 aliphatic carbocycles. The smallest absolute Gasteiger partial charge is 0.322 e. The molecule has 0 rings (SSSR count). The minimum absolute atomic E-state index is 0.121. The monoisotopic (exact) mass is 219 g/mol. The molecule has 4 N–H and O–H groups in total. The summed E-state index contributed by atoms with van der Waals surface area (Å²) in [5.41, 5.74) is -1.96. The summed E-state index contributed by atoms with van der Waals surface area (Å²) in [5, 5.41) is 28.2. The Morgan fingerprint density at radius 2 is 1.60 bits per heavy atom. The Morgan fingerprint density at radius 3 is 1.87 bits per heavy atom. The van der Waals surface area contributed by atoms with E-state index in [9.17, 15) is 14.4 Å². The highest BCUT2D eigenvalue weighted by Gasteiger charge is 2.44. The Morgan fingerprint density at radius 1 is 1.13 bits per heavy atom. The summed E-state index contributed by atoms with van der Waals surface area (Å²) in [6.07, 6.45) is -0.121. The standard InChI is InChI=1S/C8H13NO6/c1-2-8(6(12)13,7(14)15)4-9-3-5(10)11/h9H,2-4H2,1H3,(H,10,11)(H,12,13)(H,14,15). The first-order valence-electron chi connectivity index (χ1n) is 4.26. The zero-order valence-corrected chi connectivity index (χ0v) is 8.19. The number of carboxylic acids is 3. The highest BCUT2D eigenvalue weighted by Crippen LogP contribution is 2.21. The number of carbonyl (C=O) groups is 3. The van der Waals surface area contributed by atoms with Gasteiger partial charge in [-0.25, -0.2) is 0 Å². The van der Waals surface area contributed by atoms with Crippen molar-refractivity contribution >= 4 is 17.9 Å². The molecule has 0 aromatic carbocycles. The van der Waals surface area contributed by atoms with Crippen molar-refractivity contribution in [1.29, 1.82) is 0 Å². The predicted molar refractivity (Wildman–Crippen MR) is 48.5 cm³/mol. The van der Waals surface area contributed by atoms with E-state index in [1.54, 1.807) is 0 Å². The molecular weight excluding hydrogens is 206 g/mol. The summed E-state index contributed by atoms with van der Waals surface area (Å²) < 4.78 is 0. The van der Waals surface area contributed by atoms with Crippen LogP contribution in [0.4, 0.5) is 0 Å². The maximum atomic E-state index is 10.8. The van der Waals surface area contributed by atoms with E-state index >= 15 is 0 Å². The fraction of sp³-hybridized carbons (Fsp3) is 0.625. The van der Waals surface area contributed by atoms with Crippen LogP contribution in [0.15, 0.2) is 0 Å². The first kappa shape index (κ1) is 13.4. The molecule has 0 saturated carbocycles. The topological polar surface area (TPSA) is 124 Å². The molecule has 0 atom stereocenters. The van der Waals surface area contributed by atoms with Crippen LogP contribution in [-0.4, -0.2) is 46.3 Å². The van der Waals surface area contributed by atoms with E-state index in [0.717, 1.165) is 0 Å². The summed E-state index contributed by atoms with van der Waals surface area (Å²) in [5.74, 6) is -4.12. The van der Waals surface area contributed by atoms with Crippen molar-refractivity contribution in [3.8, 4) is 0 Å². The van der Waals surface area contributed by atoms with Gasteiger partial charge in [0.25, 0.3) is 0 Å². The minimum atomic E-state index is -1.96. The van der Waals surface area contributed by atoms with Crippen LogP contribution in [0.3, 0.4) is 0 Å². The zero-order chi connectivity index (χ0) is 12.1. The molecule has 0 aliphatic rings. The fourth-order valence-electron chi connectivity index (χ4n) is 1.05. The third-order valence-electron chi connectivity index (χ3n) is 2.13. The van der Waals surface area contributed by atoms with E-state index in [-0.39, 0.29) is 6.42 Å². The molecule has 7 nitrogen and oxygen atoms in total. The van der Waals surface area contributed by atoms with Crippen LogP contribution < -0.4 is 5.32 Å². The molecule has 0 bridgehead atoms. The number of rotatable bonds is 7. The van der Waals surface area contributed by atoms with E-state index in [2.05, 4.69) is 5.32 Å². The summed E-state index contributed by atoms with van der Waals surface area (Å²) in [6.45, 7) is 0.535. The Kier molecular flexibility index (Phi) is 4.72. The van der Waals surface area contributed by atoms with Gasteiger partial charge in [0.15, 0.2) is 5.41 Å². The molecule has 0 amide bonds. The average molecular weight is 219 g/mol. The quantitative estimate of drug-likeness (QED) is 0.414. The van der Waals surface area contributed by atoms with E-state index in [0.29, 0.717) is 0 Å². The van der Waals surface area contributed by atoms with Crippen molar-refractivity contribution in [2.24, 2.45) is 5.41 Å². The number of carboxylic acid groups (broad SMARTS) is 3. The molecule has 0 aromatic heterocycles. The van der Waals surface area contributed by atoms with Gasteiger partial charge >= 0.3 is 17.9 Å². The van der Waals surface area contributed by atoms with Crippen molar-refractivity contribution in [1.82, 2.24) is 5.32 Å². The maximum absolute atomic E-state index is 10.8. The number of aliphatic carboxylic acids is 3. The van der Waals surface area contributed by atoms with Gasteiger partial charge in [0.05, 0.1) is 6.54 Å². The maximum Gasteiger partial charge on any atom is 0.322 e. The van der Waals surface area contributed by atoms with Crippen LogP contribution >= 0.6 is 0 Å². The van der Waals surface area contributed by atoms with Crippen molar-refractivity contribution < 1.29 is 29.7 Å². The van der Waals surface area contributed by atoms with Crippen LogP contribution in [-0.2, 0) is 14.4 Å². The molecule has 0 spiro atoms. The van der Waals surface area contributed by atoms with Crippen molar-refractivity contribution in [3.05, 3.63) is 0 Å². The van der Waals surface area contributed by atoms with E-state index in [1.165, 1.54) is 6.92 Å². The zero-order valence-electron chi connectivity index (χ0n) is 8.19. The Bertz CT molecular complexity index is 260. The molecule has 0 radical (unpaired) electrons. The highest BCUT2D eigenvalue weighted by atomic mass is 16.4. The minimum Gasteiger partial charge on any atom is -0.480 e. The van der Waals surface area contributed by atoms with Crippen LogP contribution in [0.5, 0.6) is 0 Å². The van der Waals surface area contributed by atoms with E-state index in [1.807, 2.05) is 0 Å². The summed E-state index contributed by atoms with van der Waals surface area (Å²) in [4.78, 5) is 31.8. The lowest BCUT2D eigenvalue weighted by atomic mass is 9.85. The first-order valence-corrected chi connectivity index (χ1v) is 4.26. The van der Waals surface area contributed by atoms with Gasteiger partial charge in [0, 0.05) is 6.54 Å².